The number of anilines is 1. The van der Waals surface area contributed by atoms with Gasteiger partial charge in [-0.3, -0.25) is 19.7 Å². The van der Waals surface area contributed by atoms with E-state index in [4.69, 9.17) is 5.11 Å². The van der Waals surface area contributed by atoms with Crippen molar-refractivity contribution in [2.45, 2.75) is 19.3 Å². The zero-order valence-corrected chi connectivity index (χ0v) is 12.6. The fourth-order valence-corrected chi connectivity index (χ4v) is 2.41. The second kappa shape index (κ2) is 7.52. The van der Waals surface area contributed by atoms with E-state index in [1.807, 2.05) is 4.90 Å². The van der Waals surface area contributed by atoms with Crippen LogP contribution >= 0.6 is 0 Å². The number of carbonyl (C=O) groups excluding carboxylic acids is 1. The Hall–Kier alpha value is -2.71. The van der Waals surface area contributed by atoms with Gasteiger partial charge in [0.25, 0.3) is 5.69 Å². The monoisotopic (exact) mass is 322 g/mol. The molecule has 2 rings (SSSR count). The fourth-order valence-electron chi connectivity index (χ4n) is 2.41. The summed E-state index contributed by atoms with van der Waals surface area (Å²) in [6.07, 6.45) is 1.80. The number of hydrogen-bond donors (Lipinski definition) is 1. The van der Waals surface area contributed by atoms with E-state index >= 15 is 0 Å². The number of carboxylic acid groups (broad SMARTS) is 1. The van der Waals surface area contributed by atoms with Gasteiger partial charge >= 0.3 is 5.97 Å². The molecule has 1 saturated heterocycles. The highest BCUT2D eigenvalue weighted by molar-refractivity contribution is 5.77. The molecule has 0 saturated carbocycles. The summed E-state index contributed by atoms with van der Waals surface area (Å²) in [4.78, 5) is 40.3. The van der Waals surface area contributed by atoms with Crippen LogP contribution < -0.4 is 4.90 Å². The third-order valence-corrected chi connectivity index (χ3v) is 3.68. The molecule has 23 heavy (non-hydrogen) atoms. The molecular formula is C14H18N4O5. The molecule has 1 fully saturated rings. The summed E-state index contributed by atoms with van der Waals surface area (Å²) < 4.78 is 0. The maximum atomic E-state index is 12.0. The van der Waals surface area contributed by atoms with Crippen LogP contribution in [0.2, 0.25) is 0 Å². The van der Waals surface area contributed by atoms with Gasteiger partial charge in [-0.05, 0) is 12.5 Å². The Balaban J connectivity index is 1.82. The lowest BCUT2D eigenvalue weighted by molar-refractivity contribution is -0.385. The standard InChI is InChI=1S/C14H18N4O5/c19-13(2-1-3-14(20)21)17-8-6-16(7-9-17)12-5-4-11(10-15-12)18(22)23/h4-5,10H,1-3,6-9H2,(H,20,21). The van der Waals surface area contributed by atoms with E-state index in [9.17, 15) is 19.7 Å². The first-order chi connectivity index (χ1) is 11.0. The first-order valence-corrected chi connectivity index (χ1v) is 7.32. The van der Waals surface area contributed by atoms with Gasteiger partial charge in [-0.25, -0.2) is 4.98 Å². The van der Waals surface area contributed by atoms with Crippen LogP contribution in [0.25, 0.3) is 0 Å². The van der Waals surface area contributed by atoms with E-state index < -0.39 is 10.9 Å². The predicted octanol–water partition coefficient (Wildman–Crippen LogP) is 0.893. The summed E-state index contributed by atoms with van der Waals surface area (Å²) in [6, 6.07) is 3.01. The molecule has 0 spiro atoms. The normalized spacial score (nSPS) is 14.6. The number of hydrogen-bond acceptors (Lipinski definition) is 6. The highest BCUT2D eigenvalue weighted by Crippen LogP contribution is 2.17. The molecule has 9 nitrogen and oxygen atoms in total. The maximum Gasteiger partial charge on any atom is 0.303 e. The Kier molecular flexibility index (Phi) is 5.45. The van der Waals surface area contributed by atoms with Crippen molar-refractivity contribution in [2.24, 2.45) is 0 Å². The van der Waals surface area contributed by atoms with Crippen LogP contribution in [0.4, 0.5) is 11.5 Å². The number of nitro groups is 1. The van der Waals surface area contributed by atoms with Crippen molar-refractivity contribution in [3.63, 3.8) is 0 Å². The third kappa shape index (κ3) is 4.63. The van der Waals surface area contributed by atoms with E-state index in [2.05, 4.69) is 4.98 Å². The molecule has 0 radical (unpaired) electrons. The topological polar surface area (TPSA) is 117 Å². The Morgan fingerprint density at radius 3 is 2.43 bits per heavy atom. The summed E-state index contributed by atoms with van der Waals surface area (Å²) in [7, 11) is 0. The van der Waals surface area contributed by atoms with Crippen molar-refractivity contribution in [1.29, 1.82) is 0 Å². The molecule has 0 atom stereocenters. The summed E-state index contributed by atoms with van der Waals surface area (Å²) >= 11 is 0. The van der Waals surface area contributed by atoms with Crippen LogP contribution in [0.5, 0.6) is 0 Å². The molecule has 1 aliphatic rings. The number of aromatic nitrogens is 1. The SMILES string of the molecule is O=C(O)CCCC(=O)N1CCN(c2ccc([N+](=O)[O-])cn2)CC1. The third-order valence-electron chi connectivity index (χ3n) is 3.68. The average Bonchev–Trinajstić information content (AvgIpc) is 2.54. The lowest BCUT2D eigenvalue weighted by Gasteiger charge is -2.35. The molecule has 9 heteroatoms. The predicted molar refractivity (Wildman–Crippen MR) is 81.2 cm³/mol. The molecule has 0 bridgehead atoms. The van der Waals surface area contributed by atoms with E-state index in [1.54, 1.807) is 11.0 Å². The van der Waals surface area contributed by atoms with Crippen molar-refractivity contribution in [3.05, 3.63) is 28.4 Å². The molecule has 0 aliphatic carbocycles. The van der Waals surface area contributed by atoms with Crippen molar-refractivity contribution in [2.75, 3.05) is 31.1 Å². The van der Waals surface area contributed by atoms with E-state index in [0.29, 0.717) is 38.4 Å². The highest BCUT2D eigenvalue weighted by atomic mass is 16.6. The molecule has 1 aliphatic heterocycles. The van der Waals surface area contributed by atoms with Crippen LogP contribution in [-0.4, -0.2) is 58.0 Å². The molecule has 1 aromatic rings. The second-order valence-electron chi connectivity index (χ2n) is 5.25. The molecule has 2 heterocycles. The van der Waals surface area contributed by atoms with Gasteiger partial charge in [-0.1, -0.05) is 0 Å². The number of amides is 1. The molecule has 0 aromatic carbocycles. The molecule has 1 aromatic heterocycles. The summed E-state index contributed by atoms with van der Waals surface area (Å²) in [6.45, 7) is 2.25. The number of carboxylic acids is 1. The van der Waals surface area contributed by atoms with Crippen molar-refractivity contribution < 1.29 is 19.6 Å². The van der Waals surface area contributed by atoms with Crippen molar-refractivity contribution in [1.82, 2.24) is 9.88 Å². The zero-order chi connectivity index (χ0) is 16.8. The van der Waals surface area contributed by atoms with Gasteiger partial charge in [0.2, 0.25) is 5.91 Å². The molecule has 1 N–H and O–H groups in total. The Morgan fingerprint density at radius 1 is 1.22 bits per heavy atom. The number of pyridine rings is 1. The summed E-state index contributed by atoms with van der Waals surface area (Å²) in [5.74, 6) is -0.289. The zero-order valence-electron chi connectivity index (χ0n) is 12.6. The number of aliphatic carboxylic acids is 1. The van der Waals surface area contributed by atoms with Gasteiger partial charge in [-0.2, -0.15) is 0 Å². The summed E-state index contributed by atoms with van der Waals surface area (Å²) in [5.41, 5.74) is -0.0546. The smallest absolute Gasteiger partial charge is 0.303 e. The Bertz CT molecular complexity index is 581. The van der Waals surface area contributed by atoms with E-state index in [1.165, 1.54) is 12.3 Å². The Labute approximate surface area is 132 Å². The van der Waals surface area contributed by atoms with Gasteiger partial charge in [0.1, 0.15) is 12.0 Å². The number of piperazine rings is 1. The first kappa shape index (κ1) is 16.7. The maximum absolute atomic E-state index is 12.0. The minimum atomic E-state index is -0.896. The molecule has 1 amide bonds. The van der Waals surface area contributed by atoms with Crippen LogP contribution in [0.15, 0.2) is 18.3 Å². The van der Waals surface area contributed by atoms with E-state index in [-0.39, 0.29) is 24.4 Å². The van der Waals surface area contributed by atoms with Gasteiger partial charge < -0.3 is 14.9 Å². The Morgan fingerprint density at radius 2 is 1.91 bits per heavy atom. The molecule has 0 unspecified atom stereocenters. The number of nitrogens with zero attached hydrogens (tertiary/aromatic N) is 4. The minimum Gasteiger partial charge on any atom is -0.481 e. The fraction of sp³-hybridized carbons (Fsp3) is 0.500. The summed E-state index contributed by atoms with van der Waals surface area (Å²) in [5, 5.41) is 19.2. The average molecular weight is 322 g/mol. The number of carbonyl (C=O) groups is 2. The van der Waals surface area contributed by atoms with Crippen LogP contribution in [0, 0.1) is 10.1 Å². The van der Waals surface area contributed by atoms with Crippen molar-refractivity contribution in [3.8, 4) is 0 Å². The van der Waals surface area contributed by atoms with E-state index in [0.717, 1.165) is 0 Å². The molecular weight excluding hydrogens is 304 g/mol. The van der Waals surface area contributed by atoms with Crippen LogP contribution in [0.1, 0.15) is 19.3 Å². The lowest BCUT2D eigenvalue weighted by Crippen LogP contribution is -2.49. The van der Waals surface area contributed by atoms with Gasteiger partial charge in [-0.15, -0.1) is 0 Å². The van der Waals surface area contributed by atoms with Gasteiger partial charge in [0.05, 0.1) is 4.92 Å². The minimum absolute atomic E-state index is 0.00157. The molecule has 124 valence electrons. The van der Waals surface area contributed by atoms with Crippen LogP contribution in [-0.2, 0) is 9.59 Å². The van der Waals surface area contributed by atoms with Crippen LogP contribution in [0.3, 0.4) is 0 Å². The van der Waals surface area contributed by atoms with Gasteiger partial charge in [0, 0.05) is 45.1 Å². The van der Waals surface area contributed by atoms with Crippen molar-refractivity contribution >= 4 is 23.4 Å². The quantitative estimate of drug-likeness (QED) is 0.610. The largest absolute Gasteiger partial charge is 0.481 e. The highest BCUT2D eigenvalue weighted by Gasteiger charge is 2.22. The first-order valence-electron chi connectivity index (χ1n) is 7.32. The lowest BCUT2D eigenvalue weighted by atomic mass is 10.2. The van der Waals surface area contributed by atoms with Gasteiger partial charge in [0.15, 0.2) is 0 Å². The second-order valence-corrected chi connectivity index (χ2v) is 5.25. The number of rotatable bonds is 6.